The molecule has 14 heteroatoms. The lowest BCUT2D eigenvalue weighted by Gasteiger charge is -2.28. The highest BCUT2D eigenvalue weighted by atomic mass is 19.3. The molecule has 0 saturated carbocycles. The van der Waals surface area contributed by atoms with Crippen LogP contribution < -0.4 is 20.7 Å². The Morgan fingerprint density at radius 2 is 1.32 bits per heavy atom. The molecule has 0 spiro atoms. The minimum Gasteiger partial charge on any atom is -0.489 e. The minimum absolute atomic E-state index is 0.0764. The standard InChI is InChI=1S/C39H49F2N3O9/c1-26(2)33(43-38(48)52-24-30-14-10-7-11-15-30)35(46)42-32(22-28-16-18-31(19-17-28)51-23-29-12-8-6-9-13-29)34(45)39(40,41)37(47)44-36(27(3)4)53-25-50-21-20-49-5/h6-19,26-27,32-33,36H,20-25H2,1-5H3,(H,42,46)(H,43,48)(H,44,47)/t32?,33-,36-/m0/s1. The van der Waals surface area contributed by atoms with Crippen molar-refractivity contribution < 1.29 is 51.6 Å². The molecule has 0 aromatic heterocycles. The maximum Gasteiger partial charge on any atom is 0.408 e. The maximum absolute atomic E-state index is 15.8. The Morgan fingerprint density at radius 3 is 1.89 bits per heavy atom. The Morgan fingerprint density at radius 1 is 0.717 bits per heavy atom. The van der Waals surface area contributed by atoms with Gasteiger partial charge >= 0.3 is 17.9 Å². The largest absolute Gasteiger partial charge is 0.489 e. The zero-order valence-corrected chi connectivity index (χ0v) is 30.6. The molecule has 3 atom stereocenters. The monoisotopic (exact) mass is 741 g/mol. The number of ether oxygens (including phenoxy) is 5. The van der Waals surface area contributed by atoms with E-state index in [-0.39, 0.29) is 33.2 Å². The van der Waals surface area contributed by atoms with Crippen molar-refractivity contribution in [1.82, 2.24) is 16.0 Å². The number of alkyl halides is 2. The normalized spacial score (nSPS) is 13.2. The topological polar surface area (TPSA) is 151 Å². The van der Waals surface area contributed by atoms with Crippen LogP contribution in [0, 0.1) is 11.8 Å². The average Bonchev–Trinajstić information content (AvgIpc) is 3.15. The first-order chi connectivity index (χ1) is 25.3. The number of rotatable bonds is 22. The summed E-state index contributed by atoms with van der Waals surface area (Å²) in [5.41, 5.74) is 2.03. The number of hydrogen-bond donors (Lipinski definition) is 3. The van der Waals surface area contributed by atoms with Gasteiger partial charge in [-0.3, -0.25) is 14.4 Å². The molecule has 0 aliphatic heterocycles. The summed E-state index contributed by atoms with van der Waals surface area (Å²) >= 11 is 0. The molecule has 3 rings (SSSR count). The summed E-state index contributed by atoms with van der Waals surface area (Å²) in [5, 5.41) is 6.91. The minimum atomic E-state index is -4.60. The summed E-state index contributed by atoms with van der Waals surface area (Å²) in [6, 6.07) is 21.5. The van der Waals surface area contributed by atoms with Gasteiger partial charge in [0.2, 0.25) is 11.7 Å². The molecule has 3 aromatic rings. The number of alkyl carbamates (subject to hydrolysis) is 1. The van der Waals surface area contributed by atoms with Crippen molar-refractivity contribution in [1.29, 1.82) is 0 Å². The second-order valence-corrected chi connectivity index (χ2v) is 12.9. The van der Waals surface area contributed by atoms with E-state index >= 15 is 8.78 Å². The van der Waals surface area contributed by atoms with Crippen LogP contribution in [0.4, 0.5) is 13.6 Å². The van der Waals surface area contributed by atoms with Gasteiger partial charge in [-0.25, -0.2) is 4.79 Å². The summed E-state index contributed by atoms with van der Waals surface area (Å²) in [4.78, 5) is 52.8. The van der Waals surface area contributed by atoms with Crippen LogP contribution >= 0.6 is 0 Å². The van der Waals surface area contributed by atoms with Crippen molar-refractivity contribution in [2.75, 3.05) is 27.1 Å². The van der Waals surface area contributed by atoms with Crippen LogP contribution in [-0.4, -0.2) is 75.0 Å². The van der Waals surface area contributed by atoms with E-state index in [1.54, 1.807) is 82.3 Å². The fraction of sp³-hybridized carbons (Fsp3) is 0.436. The maximum atomic E-state index is 15.8. The average molecular weight is 742 g/mol. The van der Waals surface area contributed by atoms with Gasteiger partial charge in [-0.05, 0) is 40.7 Å². The molecule has 288 valence electrons. The summed E-state index contributed by atoms with van der Waals surface area (Å²) in [5.74, 6) is -9.84. The first-order valence-electron chi connectivity index (χ1n) is 17.3. The van der Waals surface area contributed by atoms with E-state index in [1.807, 2.05) is 30.3 Å². The predicted octanol–water partition coefficient (Wildman–Crippen LogP) is 5.18. The molecule has 3 aromatic carbocycles. The quantitative estimate of drug-likeness (QED) is 0.0719. The smallest absolute Gasteiger partial charge is 0.408 e. The molecule has 12 nitrogen and oxygen atoms in total. The van der Waals surface area contributed by atoms with Crippen LogP contribution in [0.25, 0.3) is 0 Å². The summed E-state index contributed by atoms with van der Waals surface area (Å²) < 4.78 is 58.1. The summed E-state index contributed by atoms with van der Waals surface area (Å²) in [6.07, 6.45) is -2.56. The van der Waals surface area contributed by atoms with Crippen molar-refractivity contribution in [3.05, 3.63) is 102 Å². The lowest BCUT2D eigenvalue weighted by Crippen LogP contribution is -2.60. The zero-order chi connectivity index (χ0) is 38.8. The van der Waals surface area contributed by atoms with Gasteiger partial charge in [-0.15, -0.1) is 0 Å². The molecule has 0 heterocycles. The third-order valence-corrected chi connectivity index (χ3v) is 7.92. The predicted molar refractivity (Wildman–Crippen MR) is 192 cm³/mol. The fourth-order valence-electron chi connectivity index (χ4n) is 4.87. The van der Waals surface area contributed by atoms with Crippen molar-refractivity contribution in [2.45, 2.75) is 71.6 Å². The molecule has 0 fully saturated rings. The fourth-order valence-corrected chi connectivity index (χ4v) is 4.87. The SMILES string of the molecule is COCCOCO[C@H](NC(=O)C(F)(F)C(=O)C(Cc1ccc(OCc2ccccc2)cc1)NC(=O)[C@@H](NC(=O)OCc1ccccc1)C(C)C)C(C)C. The second kappa shape index (κ2) is 21.6. The Bertz CT molecular complexity index is 1580. The molecule has 0 aliphatic carbocycles. The molecular weight excluding hydrogens is 692 g/mol. The lowest BCUT2D eigenvalue weighted by atomic mass is 9.96. The summed E-state index contributed by atoms with van der Waals surface area (Å²) in [6.45, 7) is 6.83. The highest BCUT2D eigenvalue weighted by molar-refractivity contribution is 6.10. The number of benzene rings is 3. The number of amides is 3. The summed E-state index contributed by atoms with van der Waals surface area (Å²) in [7, 11) is 1.48. The molecule has 3 N–H and O–H groups in total. The van der Waals surface area contributed by atoms with Crippen LogP contribution in [0.3, 0.4) is 0 Å². The Balaban J connectivity index is 1.78. The number of hydrogen-bond acceptors (Lipinski definition) is 9. The lowest BCUT2D eigenvalue weighted by molar-refractivity contribution is -0.167. The molecule has 0 saturated heterocycles. The van der Waals surface area contributed by atoms with Gasteiger partial charge in [0.1, 0.15) is 38.0 Å². The van der Waals surface area contributed by atoms with E-state index < -0.39 is 66.2 Å². The van der Waals surface area contributed by atoms with Crippen LogP contribution in [0.2, 0.25) is 0 Å². The highest BCUT2D eigenvalue weighted by Crippen LogP contribution is 2.22. The van der Waals surface area contributed by atoms with Crippen LogP contribution in [-0.2, 0) is 53.0 Å². The van der Waals surface area contributed by atoms with Gasteiger partial charge < -0.3 is 39.6 Å². The first-order valence-corrected chi connectivity index (χ1v) is 17.3. The third-order valence-electron chi connectivity index (χ3n) is 7.92. The molecule has 1 unspecified atom stereocenters. The highest BCUT2D eigenvalue weighted by Gasteiger charge is 2.51. The third kappa shape index (κ3) is 14.2. The number of carbonyl (C=O) groups excluding carboxylic acids is 4. The van der Waals surface area contributed by atoms with Gasteiger partial charge in [0, 0.05) is 13.5 Å². The van der Waals surface area contributed by atoms with Crippen molar-refractivity contribution in [2.24, 2.45) is 11.8 Å². The number of methoxy groups -OCH3 is 1. The molecule has 0 aliphatic rings. The van der Waals surface area contributed by atoms with Gasteiger partial charge in [0.05, 0.1) is 19.3 Å². The van der Waals surface area contributed by atoms with Crippen LogP contribution in [0.1, 0.15) is 44.4 Å². The number of halogens is 2. The van der Waals surface area contributed by atoms with E-state index in [0.717, 1.165) is 5.56 Å². The van der Waals surface area contributed by atoms with E-state index in [9.17, 15) is 19.2 Å². The number of nitrogens with one attached hydrogen (secondary N) is 3. The molecule has 0 radical (unpaired) electrons. The van der Waals surface area contributed by atoms with Gasteiger partial charge in [0.15, 0.2) is 0 Å². The second-order valence-electron chi connectivity index (χ2n) is 12.9. The van der Waals surface area contributed by atoms with Crippen molar-refractivity contribution in [3.8, 4) is 5.75 Å². The van der Waals surface area contributed by atoms with E-state index in [4.69, 9.17) is 23.7 Å². The Kier molecular flexibility index (Phi) is 17.3. The molecule has 0 bridgehead atoms. The van der Waals surface area contributed by atoms with Crippen LogP contribution in [0.15, 0.2) is 84.9 Å². The first kappa shape index (κ1) is 42.5. The Labute approximate surface area is 308 Å². The number of carbonyl (C=O) groups is 4. The van der Waals surface area contributed by atoms with Gasteiger partial charge in [0.25, 0.3) is 0 Å². The molecule has 53 heavy (non-hydrogen) atoms. The van der Waals surface area contributed by atoms with E-state index in [0.29, 0.717) is 16.9 Å². The number of ketones is 1. The van der Waals surface area contributed by atoms with Crippen molar-refractivity contribution >= 4 is 23.7 Å². The van der Waals surface area contributed by atoms with E-state index in [2.05, 4.69) is 16.0 Å². The van der Waals surface area contributed by atoms with Crippen LogP contribution in [0.5, 0.6) is 5.75 Å². The van der Waals surface area contributed by atoms with Crippen molar-refractivity contribution in [3.63, 3.8) is 0 Å². The Hall–Kier alpha value is -4.92. The zero-order valence-electron chi connectivity index (χ0n) is 30.6. The van der Waals surface area contributed by atoms with E-state index in [1.165, 1.54) is 7.11 Å². The number of Topliss-reactive ketones (excluding diaryl/α,β-unsaturated/α-hetero) is 1. The van der Waals surface area contributed by atoms with Gasteiger partial charge in [-0.1, -0.05) is 100 Å². The molecule has 3 amide bonds. The molecular formula is C39H49F2N3O9. The van der Waals surface area contributed by atoms with Gasteiger partial charge in [-0.2, -0.15) is 8.78 Å².